The minimum absolute atomic E-state index is 0.164. The third-order valence-electron chi connectivity index (χ3n) is 2.70. The van der Waals surface area contributed by atoms with E-state index in [4.69, 9.17) is 34.4 Å². The standard InChI is InChI=1S/C14H23NO3.C2H2O4/c1-2-13-4-3-5-14(12-13)18-11-10-17-9-7-15-6-8-16;3-1(4)2(5)6/h3-5,12,15-16H,2,6-11H2,1H3;(H,3,4)(H,5,6). The maximum atomic E-state index is 9.10. The Labute approximate surface area is 141 Å². The van der Waals surface area contributed by atoms with E-state index < -0.39 is 11.9 Å². The number of aliphatic hydroxyl groups is 1. The summed E-state index contributed by atoms with van der Waals surface area (Å²) in [7, 11) is 0. The number of carboxylic acid groups (broad SMARTS) is 2. The molecule has 0 aliphatic heterocycles. The molecule has 8 heteroatoms. The molecule has 1 aromatic carbocycles. The van der Waals surface area contributed by atoms with E-state index in [2.05, 4.69) is 24.4 Å². The summed E-state index contributed by atoms with van der Waals surface area (Å²) in [6, 6.07) is 8.12. The first kappa shape index (κ1) is 21.8. The number of rotatable bonds is 10. The quantitative estimate of drug-likeness (QED) is 0.355. The van der Waals surface area contributed by atoms with Gasteiger partial charge in [0.15, 0.2) is 0 Å². The van der Waals surface area contributed by atoms with Gasteiger partial charge in [0.25, 0.3) is 0 Å². The van der Waals surface area contributed by atoms with Gasteiger partial charge in [-0.15, -0.1) is 0 Å². The van der Waals surface area contributed by atoms with Gasteiger partial charge in [-0.2, -0.15) is 0 Å². The first-order chi connectivity index (χ1) is 11.5. The van der Waals surface area contributed by atoms with Crippen molar-refractivity contribution in [3.05, 3.63) is 29.8 Å². The minimum Gasteiger partial charge on any atom is -0.491 e. The molecule has 0 spiro atoms. The molecule has 4 N–H and O–H groups in total. The highest BCUT2D eigenvalue weighted by atomic mass is 16.5. The highest BCUT2D eigenvalue weighted by Crippen LogP contribution is 2.13. The summed E-state index contributed by atoms with van der Waals surface area (Å²) in [6.45, 7) is 5.44. The van der Waals surface area contributed by atoms with Crippen LogP contribution in [-0.2, 0) is 20.7 Å². The molecule has 24 heavy (non-hydrogen) atoms. The predicted octanol–water partition coefficient (Wildman–Crippen LogP) is 0.382. The Morgan fingerprint density at radius 2 is 1.79 bits per heavy atom. The zero-order chi connectivity index (χ0) is 18.2. The van der Waals surface area contributed by atoms with E-state index >= 15 is 0 Å². The number of carboxylic acids is 2. The van der Waals surface area contributed by atoms with Gasteiger partial charge in [0.1, 0.15) is 12.4 Å². The molecule has 0 atom stereocenters. The number of aryl methyl sites for hydroxylation is 1. The maximum absolute atomic E-state index is 9.10. The normalized spacial score (nSPS) is 9.75. The Morgan fingerprint density at radius 1 is 1.08 bits per heavy atom. The summed E-state index contributed by atoms with van der Waals surface area (Å²) in [5, 5.41) is 26.4. The molecule has 136 valence electrons. The van der Waals surface area contributed by atoms with Crippen LogP contribution in [0, 0.1) is 0 Å². The van der Waals surface area contributed by atoms with Gasteiger partial charge in [0.05, 0.1) is 19.8 Å². The zero-order valence-corrected chi connectivity index (χ0v) is 13.7. The van der Waals surface area contributed by atoms with Gasteiger partial charge in [-0.05, 0) is 24.1 Å². The van der Waals surface area contributed by atoms with Crippen LogP contribution in [0.1, 0.15) is 12.5 Å². The van der Waals surface area contributed by atoms with Gasteiger partial charge < -0.3 is 30.1 Å². The van der Waals surface area contributed by atoms with Gasteiger partial charge in [-0.1, -0.05) is 19.1 Å². The van der Waals surface area contributed by atoms with Crippen LogP contribution in [0.5, 0.6) is 5.75 Å². The average molecular weight is 343 g/mol. The summed E-state index contributed by atoms with van der Waals surface area (Å²) >= 11 is 0. The van der Waals surface area contributed by atoms with Gasteiger partial charge in [-0.25, -0.2) is 9.59 Å². The molecule has 0 heterocycles. The first-order valence-electron chi connectivity index (χ1n) is 7.58. The van der Waals surface area contributed by atoms with Crippen LogP contribution in [-0.4, -0.2) is 66.8 Å². The van der Waals surface area contributed by atoms with Crippen molar-refractivity contribution in [2.24, 2.45) is 0 Å². The van der Waals surface area contributed by atoms with E-state index in [1.165, 1.54) is 5.56 Å². The zero-order valence-electron chi connectivity index (χ0n) is 13.7. The Morgan fingerprint density at radius 3 is 2.38 bits per heavy atom. The molecule has 0 aliphatic rings. The van der Waals surface area contributed by atoms with Crippen molar-refractivity contribution in [3.8, 4) is 5.75 Å². The number of nitrogens with one attached hydrogen (secondary N) is 1. The van der Waals surface area contributed by atoms with Gasteiger partial charge in [0, 0.05) is 13.1 Å². The third-order valence-corrected chi connectivity index (χ3v) is 2.70. The van der Waals surface area contributed by atoms with E-state index in [9.17, 15) is 0 Å². The first-order valence-corrected chi connectivity index (χ1v) is 7.58. The molecule has 8 nitrogen and oxygen atoms in total. The molecule has 0 bridgehead atoms. The van der Waals surface area contributed by atoms with E-state index in [0.717, 1.165) is 18.7 Å². The Balaban J connectivity index is 0.000000754. The molecule has 0 saturated heterocycles. The van der Waals surface area contributed by atoms with Crippen molar-refractivity contribution < 1.29 is 34.4 Å². The van der Waals surface area contributed by atoms with Crippen molar-refractivity contribution in [3.63, 3.8) is 0 Å². The second-order valence-electron chi connectivity index (χ2n) is 4.55. The molecule has 1 aromatic rings. The summed E-state index contributed by atoms with van der Waals surface area (Å²) in [6.07, 6.45) is 1.02. The average Bonchev–Trinajstić information content (AvgIpc) is 2.58. The number of hydrogen-bond donors (Lipinski definition) is 4. The molecule has 0 aromatic heterocycles. The smallest absolute Gasteiger partial charge is 0.414 e. The number of benzene rings is 1. The van der Waals surface area contributed by atoms with Crippen molar-refractivity contribution in [1.29, 1.82) is 0 Å². The van der Waals surface area contributed by atoms with E-state index in [0.29, 0.717) is 26.4 Å². The number of hydrogen-bond acceptors (Lipinski definition) is 6. The van der Waals surface area contributed by atoms with Gasteiger partial charge >= 0.3 is 11.9 Å². The van der Waals surface area contributed by atoms with E-state index in [1.807, 2.05) is 12.1 Å². The fourth-order valence-corrected chi connectivity index (χ4v) is 1.52. The predicted molar refractivity (Wildman–Crippen MR) is 87.4 cm³/mol. The largest absolute Gasteiger partial charge is 0.491 e. The van der Waals surface area contributed by atoms with Crippen LogP contribution in [0.25, 0.3) is 0 Å². The SMILES string of the molecule is CCc1cccc(OCCOCCNCCO)c1.O=C(O)C(=O)O. The van der Waals surface area contributed by atoms with Crippen molar-refractivity contribution in [1.82, 2.24) is 5.32 Å². The lowest BCUT2D eigenvalue weighted by Crippen LogP contribution is -2.23. The highest BCUT2D eigenvalue weighted by molar-refractivity contribution is 6.27. The highest BCUT2D eigenvalue weighted by Gasteiger charge is 2.04. The summed E-state index contributed by atoms with van der Waals surface area (Å²) < 4.78 is 11.0. The van der Waals surface area contributed by atoms with Crippen LogP contribution in [0.2, 0.25) is 0 Å². The Bertz CT molecular complexity index is 467. The molecule has 0 saturated carbocycles. The monoisotopic (exact) mass is 343 g/mol. The molecule has 0 unspecified atom stereocenters. The van der Waals surface area contributed by atoms with Crippen LogP contribution >= 0.6 is 0 Å². The third kappa shape index (κ3) is 12.4. The Hall–Kier alpha value is -2.16. The lowest BCUT2D eigenvalue weighted by atomic mass is 10.2. The molecular formula is C16H25NO7. The number of ether oxygens (including phenoxy) is 2. The fraction of sp³-hybridized carbons (Fsp3) is 0.500. The summed E-state index contributed by atoms with van der Waals surface area (Å²) in [5.41, 5.74) is 1.28. The lowest BCUT2D eigenvalue weighted by molar-refractivity contribution is -0.159. The van der Waals surface area contributed by atoms with Crippen LogP contribution in [0.4, 0.5) is 0 Å². The molecule has 0 radical (unpaired) electrons. The second kappa shape index (κ2) is 14.4. The molecule has 0 aliphatic carbocycles. The Kier molecular flexibility index (Phi) is 13.1. The van der Waals surface area contributed by atoms with Crippen molar-refractivity contribution in [2.75, 3.05) is 39.5 Å². The second-order valence-corrected chi connectivity index (χ2v) is 4.55. The van der Waals surface area contributed by atoms with Crippen LogP contribution in [0.3, 0.4) is 0 Å². The van der Waals surface area contributed by atoms with Gasteiger partial charge in [-0.3, -0.25) is 0 Å². The molecule has 0 fully saturated rings. The van der Waals surface area contributed by atoms with Crippen LogP contribution in [0.15, 0.2) is 24.3 Å². The molecular weight excluding hydrogens is 318 g/mol. The summed E-state index contributed by atoms with van der Waals surface area (Å²) in [4.78, 5) is 18.2. The number of aliphatic hydroxyl groups excluding tert-OH is 1. The molecule has 0 amide bonds. The topological polar surface area (TPSA) is 125 Å². The minimum atomic E-state index is -1.82. The van der Waals surface area contributed by atoms with Crippen molar-refractivity contribution >= 4 is 11.9 Å². The maximum Gasteiger partial charge on any atom is 0.414 e. The lowest BCUT2D eigenvalue weighted by Gasteiger charge is -2.08. The molecule has 1 rings (SSSR count). The fourth-order valence-electron chi connectivity index (χ4n) is 1.52. The van der Waals surface area contributed by atoms with Gasteiger partial charge in [0.2, 0.25) is 0 Å². The number of aliphatic carboxylic acids is 2. The van der Waals surface area contributed by atoms with Crippen molar-refractivity contribution in [2.45, 2.75) is 13.3 Å². The number of carbonyl (C=O) groups is 2. The van der Waals surface area contributed by atoms with E-state index in [1.54, 1.807) is 0 Å². The van der Waals surface area contributed by atoms with Crippen LogP contribution < -0.4 is 10.1 Å². The van der Waals surface area contributed by atoms with E-state index in [-0.39, 0.29) is 6.61 Å². The summed E-state index contributed by atoms with van der Waals surface area (Å²) in [5.74, 6) is -2.75.